The van der Waals surface area contributed by atoms with E-state index in [1.807, 2.05) is 6.92 Å². The van der Waals surface area contributed by atoms with Gasteiger partial charge in [0.25, 0.3) is 0 Å². The molecule has 0 heterocycles. The monoisotopic (exact) mass is 353 g/mol. The van der Waals surface area contributed by atoms with E-state index in [0.29, 0.717) is 0 Å². The van der Waals surface area contributed by atoms with E-state index in [9.17, 15) is 8.78 Å². The average molecular weight is 354 g/mol. The molecule has 1 nitrogen and oxygen atoms in total. The molecule has 0 aliphatic rings. The molecule has 2 aromatic carbocycles. The maximum atomic E-state index is 13.6. The van der Waals surface area contributed by atoms with E-state index in [4.69, 9.17) is 0 Å². The van der Waals surface area contributed by atoms with E-state index in [1.165, 1.54) is 24.3 Å². The molecule has 0 radical (unpaired) electrons. The highest BCUT2D eigenvalue weighted by Crippen LogP contribution is 2.31. The van der Waals surface area contributed by atoms with Crippen LogP contribution < -0.4 is 5.32 Å². The second-order valence-electron chi connectivity index (χ2n) is 5.05. The van der Waals surface area contributed by atoms with Gasteiger partial charge in [0.05, 0.1) is 6.04 Å². The van der Waals surface area contributed by atoms with E-state index < -0.39 is 0 Å². The largest absolute Gasteiger partial charge is 0.306 e. The predicted molar refractivity (Wildman–Crippen MR) is 85.4 cm³/mol. The Morgan fingerprint density at radius 2 is 1.67 bits per heavy atom. The number of aryl methyl sites for hydroxylation is 1. The first-order valence-corrected chi connectivity index (χ1v) is 7.76. The second kappa shape index (κ2) is 7.14. The minimum absolute atomic E-state index is 0.245. The first-order valence-electron chi connectivity index (χ1n) is 6.97. The standard InChI is InChI=1S/C17H18BrF2N/c1-3-8-21-17(14-9-12(19)5-4-11(14)2)15-10-13(20)6-7-16(15)18/h4-7,9-10,17,21H,3,8H2,1-2H3. The highest BCUT2D eigenvalue weighted by molar-refractivity contribution is 9.10. The fraction of sp³-hybridized carbons (Fsp3) is 0.294. The van der Waals surface area contributed by atoms with Crippen LogP contribution in [0.5, 0.6) is 0 Å². The first-order chi connectivity index (χ1) is 10.0. The summed E-state index contributed by atoms with van der Waals surface area (Å²) >= 11 is 3.46. The molecule has 1 atom stereocenters. The molecular weight excluding hydrogens is 336 g/mol. The van der Waals surface area contributed by atoms with Crippen molar-refractivity contribution in [2.75, 3.05) is 6.54 Å². The van der Waals surface area contributed by atoms with E-state index in [0.717, 1.165) is 34.1 Å². The van der Waals surface area contributed by atoms with Gasteiger partial charge in [0.15, 0.2) is 0 Å². The normalized spacial score (nSPS) is 12.4. The van der Waals surface area contributed by atoms with E-state index in [-0.39, 0.29) is 17.7 Å². The van der Waals surface area contributed by atoms with Gasteiger partial charge in [-0.25, -0.2) is 8.78 Å². The Morgan fingerprint density at radius 3 is 2.33 bits per heavy atom. The summed E-state index contributed by atoms with van der Waals surface area (Å²) in [5.41, 5.74) is 2.58. The lowest BCUT2D eigenvalue weighted by atomic mass is 9.94. The van der Waals surface area contributed by atoms with E-state index in [1.54, 1.807) is 12.1 Å². The van der Waals surface area contributed by atoms with Crippen molar-refractivity contribution in [3.05, 3.63) is 69.2 Å². The highest BCUT2D eigenvalue weighted by Gasteiger charge is 2.19. The molecule has 21 heavy (non-hydrogen) atoms. The Balaban J connectivity index is 2.52. The molecule has 0 saturated heterocycles. The highest BCUT2D eigenvalue weighted by atomic mass is 79.9. The topological polar surface area (TPSA) is 12.0 Å². The molecule has 1 unspecified atom stereocenters. The summed E-state index contributed by atoms with van der Waals surface area (Å²) in [5.74, 6) is -0.586. The van der Waals surface area contributed by atoms with Crippen LogP contribution in [0.15, 0.2) is 40.9 Å². The molecule has 112 valence electrons. The summed E-state index contributed by atoms with van der Waals surface area (Å²) in [6.45, 7) is 4.76. The van der Waals surface area contributed by atoms with Crippen LogP contribution in [0.4, 0.5) is 8.78 Å². The van der Waals surface area contributed by atoms with Crippen LogP contribution >= 0.6 is 15.9 Å². The Labute approximate surface area is 132 Å². The van der Waals surface area contributed by atoms with Crippen molar-refractivity contribution in [1.82, 2.24) is 5.32 Å². The zero-order chi connectivity index (χ0) is 15.4. The third kappa shape index (κ3) is 3.89. The molecule has 0 aromatic heterocycles. The van der Waals surface area contributed by atoms with Gasteiger partial charge in [-0.3, -0.25) is 0 Å². The number of benzene rings is 2. The zero-order valence-electron chi connectivity index (χ0n) is 12.1. The van der Waals surface area contributed by atoms with Crippen molar-refractivity contribution in [2.24, 2.45) is 0 Å². The Morgan fingerprint density at radius 1 is 1.05 bits per heavy atom. The van der Waals surface area contributed by atoms with Gasteiger partial charge < -0.3 is 5.32 Å². The summed E-state index contributed by atoms with van der Waals surface area (Å²) in [4.78, 5) is 0. The van der Waals surface area contributed by atoms with Crippen LogP contribution in [0.25, 0.3) is 0 Å². The van der Waals surface area contributed by atoms with E-state index >= 15 is 0 Å². The van der Waals surface area contributed by atoms with Crippen molar-refractivity contribution < 1.29 is 8.78 Å². The Bertz CT molecular complexity index is 577. The molecule has 0 bridgehead atoms. The molecule has 0 fully saturated rings. The predicted octanol–water partition coefficient (Wildman–Crippen LogP) is 5.12. The number of rotatable bonds is 5. The molecule has 0 aliphatic heterocycles. The van der Waals surface area contributed by atoms with Gasteiger partial charge in [-0.2, -0.15) is 0 Å². The van der Waals surface area contributed by atoms with Crippen LogP contribution in [0.2, 0.25) is 0 Å². The van der Waals surface area contributed by atoms with Crippen molar-refractivity contribution in [2.45, 2.75) is 26.3 Å². The summed E-state index contributed by atoms with van der Waals surface area (Å²) in [5, 5.41) is 3.37. The van der Waals surface area contributed by atoms with Crippen LogP contribution in [0.1, 0.15) is 36.1 Å². The molecular formula is C17H18BrF2N. The number of halogens is 3. The Hall–Kier alpha value is -1.26. The van der Waals surface area contributed by atoms with Crippen LogP contribution in [-0.4, -0.2) is 6.54 Å². The van der Waals surface area contributed by atoms with Crippen molar-refractivity contribution in [3.63, 3.8) is 0 Å². The lowest BCUT2D eigenvalue weighted by Gasteiger charge is -2.23. The summed E-state index contributed by atoms with van der Waals surface area (Å²) < 4.78 is 28.0. The SMILES string of the molecule is CCCNC(c1cc(F)ccc1C)c1cc(F)ccc1Br. The maximum absolute atomic E-state index is 13.6. The number of nitrogens with one attached hydrogen (secondary N) is 1. The third-order valence-electron chi connectivity index (χ3n) is 3.42. The molecule has 4 heteroatoms. The molecule has 0 aliphatic carbocycles. The molecule has 2 aromatic rings. The minimum Gasteiger partial charge on any atom is -0.306 e. The number of hydrogen-bond donors (Lipinski definition) is 1. The fourth-order valence-electron chi connectivity index (χ4n) is 2.33. The molecule has 0 amide bonds. The van der Waals surface area contributed by atoms with Gasteiger partial charge in [-0.15, -0.1) is 0 Å². The molecule has 0 saturated carbocycles. The molecule has 0 spiro atoms. The first kappa shape index (κ1) is 16.1. The van der Waals surface area contributed by atoms with Gasteiger partial charge in [-0.05, 0) is 66.9 Å². The lowest BCUT2D eigenvalue weighted by Crippen LogP contribution is -2.24. The van der Waals surface area contributed by atoms with E-state index in [2.05, 4.69) is 28.2 Å². The average Bonchev–Trinajstić information content (AvgIpc) is 2.46. The summed E-state index contributed by atoms with van der Waals surface area (Å²) in [6, 6.07) is 9.03. The second-order valence-corrected chi connectivity index (χ2v) is 5.91. The number of hydrogen-bond acceptors (Lipinski definition) is 1. The van der Waals surface area contributed by atoms with Crippen molar-refractivity contribution in [1.29, 1.82) is 0 Å². The molecule has 1 N–H and O–H groups in total. The van der Waals surface area contributed by atoms with Crippen molar-refractivity contribution in [3.8, 4) is 0 Å². The third-order valence-corrected chi connectivity index (χ3v) is 4.14. The maximum Gasteiger partial charge on any atom is 0.123 e. The van der Waals surface area contributed by atoms with Gasteiger partial charge in [-0.1, -0.05) is 28.9 Å². The smallest absolute Gasteiger partial charge is 0.123 e. The van der Waals surface area contributed by atoms with Crippen LogP contribution in [0, 0.1) is 18.6 Å². The van der Waals surface area contributed by atoms with Crippen LogP contribution in [0.3, 0.4) is 0 Å². The summed E-state index contributed by atoms with van der Waals surface area (Å²) in [6.07, 6.45) is 0.942. The Kier molecular flexibility index (Phi) is 5.48. The molecule has 2 rings (SSSR count). The van der Waals surface area contributed by atoms with Gasteiger partial charge in [0.1, 0.15) is 11.6 Å². The minimum atomic E-state index is -0.300. The zero-order valence-corrected chi connectivity index (χ0v) is 13.7. The summed E-state index contributed by atoms with van der Waals surface area (Å²) in [7, 11) is 0. The fourth-order valence-corrected chi connectivity index (χ4v) is 2.81. The lowest BCUT2D eigenvalue weighted by molar-refractivity contribution is 0.573. The van der Waals surface area contributed by atoms with Gasteiger partial charge >= 0.3 is 0 Å². The van der Waals surface area contributed by atoms with Crippen LogP contribution in [-0.2, 0) is 0 Å². The van der Waals surface area contributed by atoms with Gasteiger partial charge in [0.2, 0.25) is 0 Å². The van der Waals surface area contributed by atoms with Gasteiger partial charge in [0, 0.05) is 4.47 Å². The quantitative estimate of drug-likeness (QED) is 0.785. The van der Waals surface area contributed by atoms with Crippen molar-refractivity contribution >= 4 is 15.9 Å².